The predicted molar refractivity (Wildman–Crippen MR) is 73.9 cm³/mol. The third kappa shape index (κ3) is 2.97. The number of amides is 1. The molecule has 9 heteroatoms. The molecule has 1 heterocycles. The molecular weight excluding hydrogens is 300 g/mol. The van der Waals surface area contributed by atoms with Crippen molar-refractivity contribution in [3.8, 4) is 5.75 Å². The van der Waals surface area contributed by atoms with E-state index < -0.39 is 38.1 Å². The van der Waals surface area contributed by atoms with Gasteiger partial charge in [-0.05, 0) is 12.5 Å². The fourth-order valence-electron chi connectivity index (χ4n) is 2.29. The van der Waals surface area contributed by atoms with Gasteiger partial charge >= 0.3 is 5.69 Å². The summed E-state index contributed by atoms with van der Waals surface area (Å²) < 4.78 is 22.9. The van der Waals surface area contributed by atoms with Gasteiger partial charge in [-0.3, -0.25) is 14.9 Å². The molecule has 21 heavy (non-hydrogen) atoms. The van der Waals surface area contributed by atoms with E-state index in [0.717, 1.165) is 6.07 Å². The van der Waals surface area contributed by atoms with E-state index >= 15 is 0 Å². The summed E-state index contributed by atoms with van der Waals surface area (Å²) in [5, 5.41) is 20.6. The van der Waals surface area contributed by atoms with Crippen LogP contribution in [-0.4, -0.2) is 53.8 Å². The van der Waals surface area contributed by atoms with Crippen molar-refractivity contribution < 1.29 is 23.2 Å². The monoisotopic (exact) mass is 314 g/mol. The van der Waals surface area contributed by atoms with E-state index in [-0.39, 0.29) is 17.1 Å². The minimum Gasteiger partial charge on any atom is -0.502 e. The summed E-state index contributed by atoms with van der Waals surface area (Å²) >= 11 is 0. The highest BCUT2D eigenvalue weighted by atomic mass is 32.2. The van der Waals surface area contributed by atoms with E-state index in [9.17, 15) is 28.4 Å². The molecule has 2 rings (SSSR count). The molecule has 8 nitrogen and oxygen atoms in total. The average molecular weight is 314 g/mol. The van der Waals surface area contributed by atoms with Crippen LogP contribution in [0.1, 0.15) is 16.8 Å². The SMILES string of the molecule is CN(C(=O)c1cccc([N+](=O)[O-])c1O)C1CCS(=O)(=O)C1. The summed E-state index contributed by atoms with van der Waals surface area (Å²) in [5.41, 5.74) is -0.774. The van der Waals surface area contributed by atoms with Crippen LogP contribution in [0.3, 0.4) is 0 Å². The number of phenols is 1. The van der Waals surface area contributed by atoms with Gasteiger partial charge in [-0.1, -0.05) is 6.07 Å². The van der Waals surface area contributed by atoms with Crippen molar-refractivity contribution in [2.24, 2.45) is 0 Å². The van der Waals surface area contributed by atoms with Crippen molar-refractivity contribution in [3.63, 3.8) is 0 Å². The standard InChI is InChI=1S/C12H14N2O6S/c1-13(8-5-6-21(19,20)7-8)12(16)9-3-2-4-10(11(9)15)14(17)18/h2-4,8,15H,5-7H2,1H3. The van der Waals surface area contributed by atoms with Gasteiger partial charge in [-0.15, -0.1) is 0 Å². The Morgan fingerprint density at radius 3 is 2.67 bits per heavy atom. The number of hydrogen-bond donors (Lipinski definition) is 1. The van der Waals surface area contributed by atoms with Crippen molar-refractivity contribution in [2.75, 3.05) is 18.6 Å². The first kappa shape index (κ1) is 15.2. The van der Waals surface area contributed by atoms with Crippen molar-refractivity contribution in [1.29, 1.82) is 0 Å². The Hall–Kier alpha value is -2.16. The van der Waals surface area contributed by atoms with Gasteiger partial charge in [0.05, 0.1) is 22.0 Å². The van der Waals surface area contributed by atoms with Gasteiger partial charge < -0.3 is 10.0 Å². The zero-order valence-corrected chi connectivity index (χ0v) is 12.0. The zero-order valence-electron chi connectivity index (χ0n) is 11.2. The summed E-state index contributed by atoms with van der Waals surface area (Å²) in [6.45, 7) is 0. The van der Waals surface area contributed by atoms with Crippen LogP contribution in [0.2, 0.25) is 0 Å². The molecular formula is C12H14N2O6S. The topological polar surface area (TPSA) is 118 Å². The van der Waals surface area contributed by atoms with Gasteiger partial charge in [-0.25, -0.2) is 8.42 Å². The van der Waals surface area contributed by atoms with Gasteiger partial charge in [0.25, 0.3) is 5.91 Å². The molecule has 0 bridgehead atoms. The lowest BCUT2D eigenvalue weighted by Gasteiger charge is -2.23. The number of carbonyl (C=O) groups is 1. The van der Waals surface area contributed by atoms with Crippen LogP contribution in [0, 0.1) is 10.1 Å². The summed E-state index contributed by atoms with van der Waals surface area (Å²) in [5.74, 6) is -1.47. The normalized spacial score (nSPS) is 20.1. The first-order valence-electron chi connectivity index (χ1n) is 6.17. The molecule has 114 valence electrons. The van der Waals surface area contributed by atoms with Gasteiger partial charge in [0.15, 0.2) is 9.84 Å². The van der Waals surface area contributed by atoms with E-state index in [4.69, 9.17) is 0 Å². The minimum atomic E-state index is -3.15. The fraction of sp³-hybridized carbons (Fsp3) is 0.417. The maximum absolute atomic E-state index is 12.3. The molecule has 1 aliphatic heterocycles. The Morgan fingerprint density at radius 1 is 1.48 bits per heavy atom. The lowest BCUT2D eigenvalue weighted by atomic mass is 10.1. The molecule has 0 saturated carbocycles. The van der Waals surface area contributed by atoms with E-state index in [2.05, 4.69) is 0 Å². The van der Waals surface area contributed by atoms with E-state index in [1.807, 2.05) is 0 Å². The molecule has 1 unspecified atom stereocenters. The number of benzene rings is 1. The van der Waals surface area contributed by atoms with Gasteiger partial charge in [0, 0.05) is 19.2 Å². The molecule has 0 aromatic heterocycles. The van der Waals surface area contributed by atoms with E-state index in [1.165, 1.54) is 24.1 Å². The molecule has 1 atom stereocenters. The molecule has 0 radical (unpaired) electrons. The van der Waals surface area contributed by atoms with Crippen LogP contribution in [0.15, 0.2) is 18.2 Å². The second kappa shape index (κ2) is 5.32. The molecule has 1 amide bonds. The molecule has 1 fully saturated rings. The zero-order chi connectivity index (χ0) is 15.8. The van der Waals surface area contributed by atoms with Crippen LogP contribution >= 0.6 is 0 Å². The highest BCUT2D eigenvalue weighted by Crippen LogP contribution is 2.31. The van der Waals surface area contributed by atoms with Crippen molar-refractivity contribution in [2.45, 2.75) is 12.5 Å². The van der Waals surface area contributed by atoms with Gasteiger partial charge in [0.1, 0.15) is 0 Å². The van der Waals surface area contributed by atoms with Gasteiger partial charge in [0.2, 0.25) is 5.75 Å². The Morgan fingerprint density at radius 2 is 2.14 bits per heavy atom. The summed E-state index contributed by atoms with van der Waals surface area (Å²) in [6.07, 6.45) is 0.320. The maximum atomic E-state index is 12.3. The average Bonchev–Trinajstić information content (AvgIpc) is 2.77. The van der Waals surface area contributed by atoms with Crippen molar-refractivity contribution >= 4 is 21.4 Å². The highest BCUT2D eigenvalue weighted by Gasteiger charge is 2.34. The quantitative estimate of drug-likeness (QED) is 0.643. The Bertz CT molecular complexity index is 700. The van der Waals surface area contributed by atoms with Gasteiger partial charge in [-0.2, -0.15) is 0 Å². The molecule has 1 aliphatic rings. The van der Waals surface area contributed by atoms with Crippen LogP contribution in [0.5, 0.6) is 5.75 Å². The molecule has 1 saturated heterocycles. The Kier molecular flexibility index (Phi) is 3.86. The first-order valence-corrected chi connectivity index (χ1v) is 7.99. The smallest absolute Gasteiger partial charge is 0.311 e. The van der Waals surface area contributed by atoms with Crippen LogP contribution < -0.4 is 0 Å². The number of aromatic hydroxyl groups is 1. The highest BCUT2D eigenvalue weighted by molar-refractivity contribution is 7.91. The molecule has 1 N–H and O–H groups in total. The number of rotatable bonds is 3. The maximum Gasteiger partial charge on any atom is 0.311 e. The third-order valence-electron chi connectivity index (χ3n) is 3.52. The Labute approximate surface area is 121 Å². The predicted octanol–water partition coefficient (Wildman–Crippen LogP) is 0.559. The number of nitrogens with zero attached hydrogens (tertiary/aromatic N) is 2. The van der Waals surface area contributed by atoms with Crippen molar-refractivity contribution in [3.05, 3.63) is 33.9 Å². The number of carbonyl (C=O) groups excluding carboxylic acids is 1. The van der Waals surface area contributed by atoms with Crippen LogP contribution in [-0.2, 0) is 9.84 Å². The fourth-order valence-corrected chi connectivity index (χ4v) is 4.06. The lowest BCUT2D eigenvalue weighted by Crippen LogP contribution is -2.37. The minimum absolute atomic E-state index is 0.0101. The largest absolute Gasteiger partial charge is 0.502 e. The third-order valence-corrected chi connectivity index (χ3v) is 5.27. The molecule has 0 spiro atoms. The first-order chi connectivity index (χ1) is 9.73. The molecule has 0 aliphatic carbocycles. The molecule has 1 aromatic rings. The summed E-state index contributed by atoms with van der Waals surface area (Å²) in [6, 6.07) is 3.17. The van der Waals surface area contributed by atoms with Crippen LogP contribution in [0.25, 0.3) is 0 Å². The number of para-hydroxylation sites is 1. The van der Waals surface area contributed by atoms with E-state index in [1.54, 1.807) is 0 Å². The number of sulfone groups is 1. The lowest BCUT2D eigenvalue weighted by molar-refractivity contribution is -0.385. The Balaban J connectivity index is 2.28. The summed E-state index contributed by atoms with van der Waals surface area (Å²) in [4.78, 5) is 23.5. The number of phenolic OH excluding ortho intramolecular Hbond substituents is 1. The number of nitro groups is 1. The molecule has 1 aromatic carbocycles. The second-order valence-electron chi connectivity index (χ2n) is 4.90. The summed E-state index contributed by atoms with van der Waals surface area (Å²) in [7, 11) is -1.73. The number of nitro benzene ring substituents is 1. The van der Waals surface area contributed by atoms with E-state index in [0.29, 0.717) is 6.42 Å². The van der Waals surface area contributed by atoms with Crippen molar-refractivity contribution in [1.82, 2.24) is 4.90 Å². The van der Waals surface area contributed by atoms with Crippen LogP contribution in [0.4, 0.5) is 5.69 Å². The second-order valence-corrected chi connectivity index (χ2v) is 7.13. The number of hydrogen-bond acceptors (Lipinski definition) is 6.